The van der Waals surface area contributed by atoms with E-state index in [1.165, 1.54) is 36.9 Å². The zero-order valence-corrected chi connectivity index (χ0v) is 12.3. The molecule has 0 amide bonds. The summed E-state index contributed by atoms with van der Waals surface area (Å²) in [7, 11) is 0. The monoisotopic (exact) mass is 261 g/mol. The minimum Gasteiger partial charge on any atom is -0.396 e. The molecule has 1 aromatic rings. The maximum absolute atomic E-state index is 9.25. The van der Waals surface area contributed by atoms with E-state index in [2.05, 4.69) is 43.0 Å². The van der Waals surface area contributed by atoms with Crippen LogP contribution in [0.4, 0.5) is 0 Å². The highest BCUT2D eigenvalue weighted by molar-refractivity contribution is 5.21. The van der Waals surface area contributed by atoms with Gasteiger partial charge < -0.3 is 5.11 Å². The molecule has 1 saturated heterocycles. The second kappa shape index (κ2) is 7.06. The molecule has 1 aliphatic rings. The number of hydrogen-bond donors (Lipinski definition) is 1. The smallest absolute Gasteiger partial charge is 0.0457 e. The highest BCUT2D eigenvalue weighted by Crippen LogP contribution is 2.24. The fourth-order valence-corrected chi connectivity index (χ4v) is 3.00. The topological polar surface area (TPSA) is 23.5 Å². The van der Waals surface area contributed by atoms with Crippen molar-refractivity contribution in [1.82, 2.24) is 4.90 Å². The van der Waals surface area contributed by atoms with Gasteiger partial charge in [0.05, 0.1) is 0 Å². The number of benzene rings is 1. The lowest BCUT2D eigenvalue weighted by atomic mass is 9.93. The Balaban J connectivity index is 1.97. The average Bonchev–Trinajstić information content (AvgIpc) is 2.43. The van der Waals surface area contributed by atoms with Crippen LogP contribution >= 0.6 is 0 Å². The zero-order valence-electron chi connectivity index (χ0n) is 12.3. The minimum absolute atomic E-state index is 0.314. The lowest BCUT2D eigenvalue weighted by Crippen LogP contribution is -2.40. The Morgan fingerprint density at radius 2 is 2.00 bits per heavy atom. The Hall–Kier alpha value is -0.860. The largest absolute Gasteiger partial charge is 0.396 e. The quantitative estimate of drug-likeness (QED) is 0.878. The van der Waals surface area contributed by atoms with Crippen LogP contribution in [0, 0.1) is 12.8 Å². The molecule has 19 heavy (non-hydrogen) atoms. The van der Waals surface area contributed by atoms with Crippen LogP contribution in [0.1, 0.15) is 43.7 Å². The van der Waals surface area contributed by atoms with E-state index in [1.807, 2.05) is 0 Å². The molecule has 0 aromatic heterocycles. The van der Waals surface area contributed by atoms with Gasteiger partial charge in [-0.3, -0.25) is 4.90 Å². The molecule has 0 saturated carbocycles. The lowest BCUT2D eigenvalue weighted by molar-refractivity contribution is 0.105. The Kier molecular flexibility index (Phi) is 5.41. The number of likely N-dealkylation sites (tertiary alicyclic amines) is 1. The number of piperidine rings is 1. The van der Waals surface area contributed by atoms with Gasteiger partial charge in [-0.1, -0.05) is 43.2 Å². The summed E-state index contributed by atoms with van der Waals surface area (Å²) < 4.78 is 0. The van der Waals surface area contributed by atoms with Gasteiger partial charge in [-0.25, -0.2) is 0 Å². The molecular weight excluding hydrogens is 234 g/mol. The van der Waals surface area contributed by atoms with Gasteiger partial charge in [-0.05, 0) is 44.2 Å². The zero-order chi connectivity index (χ0) is 13.7. The van der Waals surface area contributed by atoms with Crippen molar-refractivity contribution in [2.75, 3.05) is 13.2 Å². The van der Waals surface area contributed by atoms with Crippen molar-refractivity contribution in [2.45, 2.75) is 52.1 Å². The molecule has 1 N–H and O–H groups in total. The molecule has 0 radical (unpaired) electrons. The van der Waals surface area contributed by atoms with Crippen LogP contribution in [-0.4, -0.2) is 29.2 Å². The molecule has 2 atom stereocenters. The van der Waals surface area contributed by atoms with E-state index >= 15 is 0 Å². The molecule has 0 spiro atoms. The number of nitrogens with zero attached hydrogens (tertiary/aromatic N) is 1. The van der Waals surface area contributed by atoms with Crippen molar-refractivity contribution in [1.29, 1.82) is 0 Å². The minimum atomic E-state index is 0.314. The maximum atomic E-state index is 9.25. The summed E-state index contributed by atoms with van der Waals surface area (Å²) in [5, 5.41) is 9.25. The molecule has 1 fully saturated rings. The van der Waals surface area contributed by atoms with Gasteiger partial charge in [0.25, 0.3) is 0 Å². The second-order valence-electron chi connectivity index (χ2n) is 6.13. The van der Waals surface area contributed by atoms with Gasteiger partial charge in [-0.15, -0.1) is 0 Å². The van der Waals surface area contributed by atoms with Crippen LogP contribution in [0.15, 0.2) is 24.3 Å². The molecule has 2 heteroatoms. The van der Waals surface area contributed by atoms with Crippen molar-refractivity contribution in [3.05, 3.63) is 35.4 Å². The SMILES string of the molecule is Cc1ccc(CN2CCCCC2CC(C)CO)cc1. The van der Waals surface area contributed by atoms with Gasteiger partial charge in [-0.2, -0.15) is 0 Å². The fourth-order valence-electron chi connectivity index (χ4n) is 3.00. The highest BCUT2D eigenvalue weighted by atomic mass is 16.3. The summed E-state index contributed by atoms with van der Waals surface area (Å²) >= 11 is 0. The van der Waals surface area contributed by atoms with Gasteiger partial charge in [0, 0.05) is 19.2 Å². The van der Waals surface area contributed by atoms with Crippen molar-refractivity contribution in [2.24, 2.45) is 5.92 Å². The molecule has 2 rings (SSSR count). The first kappa shape index (κ1) is 14.5. The first-order valence-electron chi connectivity index (χ1n) is 7.59. The maximum Gasteiger partial charge on any atom is 0.0457 e. The summed E-state index contributed by atoms with van der Waals surface area (Å²) in [5.41, 5.74) is 2.74. The molecule has 1 aliphatic heterocycles. The van der Waals surface area contributed by atoms with Crippen molar-refractivity contribution in [3.63, 3.8) is 0 Å². The van der Waals surface area contributed by atoms with Gasteiger partial charge in [0.2, 0.25) is 0 Å². The number of aryl methyl sites for hydroxylation is 1. The highest BCUT2D eigenvalue weighted by Gasteiger charge is 2.23. The van der Waals surface area contributed by atoms with Crippen LogP contribution in [0.2, 0.25) is 0 Å². The Bertz CT molecular complexity index is 373. The molecule has 0 bridgehead atoms. The van der Waals surface area contributed by atoms with E-state index < -0.39 is 0 Å². The normalized spacial score (nSPS) is 22.4. The van der Waals surface area contributed by atoms with Crippen molar-refractivity contribution >= 4 is 0 Å². The van der Waals surface area contributed by atoms with Gasteiger partial charge >= 0.3 is 0 Å². The molecular formula is C17H27NO. The predicted octanol–water partition coefficient (Wildman–Crippen LogP) is 3.37. The first-order valence-corrected chi connectivity index (χ1v) is 7.59. The summed E-state index contributed by atoms with van der Waals surface area (Å²) in [6.07, 6.45) is 5.07. The number of rotatable bonds is 5. The van der Waals surface area contributed by atoms with Crippen molar-refractivity contribution in [3.8, 4) is 0 Å². The van der Waals surface area contributed by atoms with E-state index in [1.54, 1.807) is 0 Å². The van der Waals surface area contributed by atoms with E-state index in [9.17, 15) is 5.11 Å². The first-order chi connectivity index (χ1) is 9.19. The average molecular weight is 261 g/mol. The molecule has 1 aromatic carbocycles. The van der Waals surface area contributed by atoms with Gasteiger partial charge in [0.1, 0.15) is 0 Å². The third-order valence-corrected chi connectivity index (χ3v) is 4.24. The standard InChI is InChI=1S/C17H27NO/c1-14-6-8-16(9-7-14)12-18-10-4-3-5-17(18)11-15(2)13-19/h6-9,15,17,19H,3-5,10-13H2,1-2H3. The van der Waals surface area contributed by atoms with Crippen LogP contribution < -0.4 is 0 Å². The van der Waals surface area contributed by atoms with Crippen LogP contribution in [0.25, 0.3) is 0 Å². The third kappa shape index (κ3) is 4.32. The summed E-state index contributed by atoms with van der Waals surface area (Å²) in [6, 6.07) is 9.54. The number of aliphatic hydroxyl groups excluding tert-OH is 1. The van der Waals surface area contributed by atoms with E-state index in [0.717, 1.165) is 13.0 Å². The number of hydrogen-bond acceptors (Lipinski definition) is 2. The summed E-state index contributed by atoms with van der Waals surface area (Å²) in [4.78, 5) is 2.61. The van der Waals surface area contributed by atoms with Crippen molar-refractivity contribution < 1.29 is 5.11 Å². The summed E-state index contributed by atoms with van der Waals surface area (Å²) in [6.45, 7) is 6.86. The Morgan fingerprint density at radius 3 is 2.68 bits per heavy atom. The van der Waals surface area contributed by atoms with E-state index in [0.29, 0.717) is 18.6 Å². The van der Waals surface area contributed by atoms with E-state index in [-0.39, 0.29) is 0 Å². The molecule has 2 nitrogen and oxygen atoms in total. The third-order valence-electron chi connectivity index (χ3n) is 4.24. The molecule has 1 heterocycles. The van der Waals surface area contributed by atoms with E-state index in [4.69, 9.17) is 0 Å². The predicted molar refractivity (Wildman–Crippen MR) is 80.1 cm³/mol. The van der Waals surface area contributed by atoms with Crippen LogP contribution in [-0.2, 0) is 6.54 Å². The number of aliphatic hydroxyl groups is 1. The second-order valence-corrected chi connectivity index (χ2v) is 6.13. The molecule has 0 aliphatic carbocycles. The van der Waals surface area contributed by atoms with Gasteiger partial charge in [0.15, 0.2) is 0 Å². The molecule has 106 valence electrons. The van der Waals surface area contributed by atoms with Crippen LogP contribution in [0.3, 0.4) is 0 Å². The van der Waals surface area contributed by atoms with Crippen LogP contribution in [0.5, 0.6) is 0 Å². The molecule has 2 unspecified atom stereocenters. The Labute approximate surface area is 117 Å². The Morgan fingerprint density at radius 1 is 1.26 bits per heavy atom. The summed E-state index contributed by atoms with van der Waals surface area (Å²) in [5.74, 6) is 0.420. The fraction of sp³-hybridized carbons (Fsp3) is 0.647. The lowest BCUT2D eigenvalue weighted by Gasteiger charge is -2.37.